The molecule has 0 aliphatic heterocycles. The molecule has 1 atom stereocenters. The van der Waals surface area contributed by atoms with E-state index < -0.39 is 0 Å². The van der Waals surface area contributed by atoms with Crippen LogP contribution in [0.3, 0.4) is 0 Å². The van der Waals surface area contributed by atoms with E-state index in [2.05, 4.69) is 4.98 Å². The SMILES string of the molecule is CC(=O)C(C)Sc1nc2sc3c(c2c(=O)n1C)CCC3. The van der Waals surface area contributed by atoms with Gasteiger partial charge in [-0.25, -0.2) is 4.98 Å². The maximum Gasteiger partial charge on any atom is 0.262 e. The molecule has 0 radical (unpaired) electrons. The van der Waals surface area contributed by atoms with E-state index in [0.29, 0.717) is 5.16 Å². The van der Waals surface area contributed by atoms with Gasteiger partial charge in [-0.2, -0.15) is 0 Å². The molecule has 0 bridgehead atoms. The van der Waals surface area contributed by atoms with Gasteiger partial charge in [0, 0.05) is 11.9 Å². The summed E-state index contributed by atoms with van der Waals surface area (Å²) in [6, 6.07) is 0. The second-order valence-corrected chi connectivity index (χ2v) is 7.56. The van der Waals surface area contributed by atoms with Crippen LogP contribution in [0.5, 0.6) is 0 Å². The van der Waals surface area contributed by atoms with Crippen molar-refractivity contribution in [3.63, 3.8) is 0 Å². The fourth-order valence-electron chi connectivity index (χ4n) is 2.45. The minimum Gasteiger partial charge on any atom is -0.299 e. The summed E-state index contributed by atoms with van der Waals surface area (Å²) in [7, 11) is 1.74. The molecular weight excluding hydrogens is 292 g/mol. The third kappa shape index (κ3) is 2.11. The Kier molecular flexibility index (Phi) is 3.46. The zero-order chi connectivity index (χ0) is 14.4. The monoisotopic (exact) mass is 308 g/mol. The van der Waals surface area contributed by atoms with Crippen LogP contribution in [0.1, 0.15) is 30.7 Å². The van der Waals surface area contributed by atoms with E-state index in [-0.39, 0.29) is 16.6 Å². The lowest BCUT2D eigenvalue weighted by molar-refractivity contribution is -0.116. The molecule has 0 amide bonds. The van der Waals surface area contributed by atoms with E-state index >= 15 is 0 Å². The lowest BCUT2D eigenvalue weighted by Gasteiger charge is -2.10. The molecular formula is C14H16N2O2S2. The van der Waals surface area contributed by atoms with Crippen molar-refractivity contribution in [3.05, 3.63) is 20.8 Å². The number of hydrogen-bond acceptors (Lipinski definition) is 5. The molecule has 0 saturated heterocycles. The number of thiophene rings is 1. The van der Waals surface area contributed by atoms with Gasteiger partial charge in [-0.15, -0.1) is 11.3 Å². The minimum atomic E-state index is -0.183. The average Bonchev–Trinajstić information content (AvgIpc) is 2.95. The Hall–Kier alpha value is -1.14. The molecule has 0 N–H and O–H groups in total. The summed E-state index contributed by atoms with van der Waals surface area (Å²) in [6.07, 6.45) is 3.19. The molecule has 2 aromatic rings. The van der Waals surface area contributed by atoms with Gasteiger partial charge in [0.05, 0.1) is 10.6 Å². The first-order valence-corrected chi connectivity index (χ1v) is 8.37. The molecule has 2 aromatic heterocycles. The van der Waals surface area contributed by atoms with Gasteiger partial charge in [0.15, 0.2) is 5.16 Å². The zero-order valence-electron chi connectivity index (χ0n) is 11.7. The van der Waals surface area contributed by atoms with Gasteiger partial charge in [-0.3, -0.25) is 14.2 Å². The number of rotatable bonds is 3. The number of aryl methyl sites for hydroxylation is 2. The Morgan fingerprint density at radius 3 is 2.90 bits per heavy atom. The highest BCUT2D eigenvalue weighted by atomic mass is 32.2. The van der Waals surface area contributed by atoms with Gasteiger partial charge in [0.1, 0.15) is 10.6 Å². The molecule has 0 aromatic carbocycles. The fourth-order valence-corrected chi connectivity index (χ4v) is 4.63. The largest absolute Gasteiger partial charge is 0.299 e. The van der Waals surface area contributed by atoms with E-state index in [1.165, 1.54) is 22.2 Å². The number of aromatic nitrogens is 2. The number of thioether (sulfide) groups is 1. The molecule has 2 heterocycles. The Morgan fingerprint density at radius 1 is 1.45 bits per heavy atom. The summed E-state index contributed by atoms with van der Waals surface area (Å²) in [5.74, 6) is 0.0954. The maximum atomic E-state index is 12.6. The van der Waals surface area contributed by atoms with Crippen molar-refractivity contribution in [2.45, 2.75) is 43.5 Å². The van der Waals surface area contributed by atoms with Crippen LogP contribution >= 0.6 is 23.1 Å². The van der Waals surface area contributed by atoms with Crippen molar-refractivity contribution < 1.29 is 4.79 Å². The van der Waals surface area contributed by atoms with Crippen LogP contribution in [0.2, 0.25) is 0 Å². The third-order valence-electron chi connectivity index (χ3n) is 3.76. The number of carbonyl (C=O) groups is 1. The van der Waals surface area contributed by atoms with Gasteiger partial charge < -0.3 is 0 Å². The number of nitrogens with zero attached hydrogens (tertiary/aromatic N) is 2. The first-order chi connectivity index (χ1) is 9.49. The van der Waals surface area contributed by atoms with Crippen LogP contribution < -0.4 is 5.56 Å². The van der Waals surface area contributed by atoms with Gasteiger partial charge in [-0.05, 0) is 38.7 Å². The fraction of sp³-hybridized carbons (Fsp3) is 0.500. The van der Waals surface area contributed by atoms with Crippen LogP contribution in [-0.4, -0.2) is 20.6 Å². The number of hydrogen-bond donors (Lipinski definition) is 0. The van der Waals surface area contributed by atoms with Gasteiger partial charge in [0.25, 0.3) is 5.56 Å². The summed E-state index contributed by atoms with van der Waals surface area (Å²) < 4.78 is 1.58. The van der Waals surface area contributed by atoms with Crippen LogP contribution in [0.15, 0.2) is 9.95 Å². The lowest BCUT2D eigenvalue weighted by atomic mass is 10.2. The van der Waals surface area contributed by atoms with Crippen LogP contribution in [-0.2, 0) is 24.7 Å². The summed E-state index contributed by atoms with van der Waals surface area (Å²) in [4.78, 5) is 30.7. The van der Waals surface area contributed by atoms with Crippen molar-refractivity contribution in [1.82, 2.24) is 9.55 Å². The molecule has 20 heavy (non-hydrogen) atoms. The Morgan fingerprint density at radius 2 is 2.20 bits per heavy atom. The zero-order valence-corrected chi connectivity index (χ0v) is 13.4. The normalized spacial score (nSPS) is 15.6. The second-order valence-electron chi connectivity index (χ2n) is 5.17. The minimum absolute atomic E-state index is 0.0210. The first kappa shape index (κ1) is 13.8. The molecule has 3 rings (SSSR count). The summed E-state index contributed by atoms with van der Waals surface area (Å²) in [5.41, 5.74) is 1.22. The molecule has 0 spiro atoms. The summed E-state index contributed by atoms with van der Waals surface area (Å²) in [5, 5.41) is 1.24. The predicted molar refractivity (Wildman–Crippen MR) is 82.9 cm³/mol. The van der Waals surface area contributed by atoms with E-state index in [9.17, 15) is 9.59 Å². The number of ketones is 1. The second kappa shape index (κ2) is 5.00. The van der Waals surface area contributed by atoms with Gasteiger partial charge in [0.2, 0.25) is 0 Å². The number of carbonyl (C=O) groups excluding carboxylic acids is 1. The standard InChI is InChI=1S/C14H16N2O2S2/c1-7(17)8(2)19-14-15-12-11(13(18)16(14)3)9-5-4-6-10(9)20-12/h8H,4-6H2,1-3H3. The third-order valence-corrected chi connectivity index (χ3v) is 6.21. The maximum absolute atomic E-state index is 12.6. The average molecular weight is 308 g/mol. The smallest absolute Gasteiger partial charge is 0.262 e. The van der Waals surface area contributed by atoms with Gasteiger partial charge >= 0.3 is 0 Å². The number of Topliss-reactive ketones (excluding diaryl/α,β-unsaturated/α-hetero) is 1. The van der Waals surface area contributed by atoms with E-state index in [1.807, 2.05) is 6.92 Å². The van der Waals surface area contributed by atoms with Crippen molar-refractivity contribution >= 4 is 39.1 Å². The highest BCUT2D eigenvalue weighted by Gasteiger charge is 2.23. The van der Waals surface area contributed by atoms with Crippen molar-refractivity contribution in [3.8, 4) is 0 Å². The van der Waals surface area contributed by atoms with Crippen LogP contribution in [0, 0.1) is 0 Å². The molecule has 1 aliphatic carbocycles. The van der Waals surface area contributed by atoms with Crippen LogP contribution in [0.25, 0.3) is 10.2 Å². The first-order valence-electron chi connectivity index (χ1n) is 6.67. The van der Waals surface area contributed by atoms with E-state index in [0.717, 1.165) is 29.5 Å². The number of fused-ring (bicyclic) bond motifs is 3. The molecule has 6 heteroatoms. The molecule has 0 saturated carbocycles. The molecule has 1 aliphatic rings. The van der Waals surface area contributed by atoms with Crippen molar-refractivity contribution in [2.24, 2.45) is 7.05 Å². The highest BCUT2D eigenvalue weighted by molar-refractivity contribution is 8.00. The Balaban J connectivity index is 2.14. The molecule has 1 unspecified atom stereocenters. The summed E-state index contributed by atoms with van der Waals surface area (Å²) >= 11 is 2.99. The lowest BCUT2D eigenvalue weighted by Crippen LogP contribution is -2.21. The predicted octanol–water partition coefficient (Wildman–Crippen LogP) is 2.55. The van der Waals surface area contributed by atoms with Crippen molar-refractivity contribution in [1.29, 1.82) is 0 Å². The Bertz CT molecular complexity index is 761. The summed E-state index contributed by atoms with van der Waals surface area (Å²) in [6.45, 7) is 3.41. The molecule has 0 fully saturated rings. The quantitative estimate of drug-likeness (QED) is 0.646. The van der Waals surface area contributed by atoms with Crippen LogP contribution in [0.4, 0.5) is 0 Å². The van der Waals surface area contributed by atoms with Crippen molar-refractivity contribution in [2.75, 3.05) is 0 Å². The van der Waals surface area contributed by atoms with E-state index in [4.69, 9.17) is 0 Å². The van der Waals surface area contributed by atoms with E-state index in [1.54, 1.807) is 29.9 Å². The Labute approximate surface area is 125 Å². The molecule has 106 valence electrons. The van der Waals surface area contributed by atoms with Gasteiger partial charge in [-0.1, -0.05) is 11.8 Å². The highest BCUT2D eigenvalue weighted by Crippen LogP contribution is 2.35. The molecule has 4 nitrogen and oxygen atoms in total. The topological polar surface area (TPSA) is 52.0 Å².